The zero-order valence-corrected chi connectivity index (χ0v) is 15.8. The Kier molecular flexibility index (Phi) is 5.54. The number of rotatable bonds is 5. The van der Waals surface area contributed by atoms with Gasteiger partial charge in [-0.3, -0.25) is 4.79 Å². The maximum atomic E-state index is 12.5. The number of piperazine rings is 1. The van der Waals surface area contributed by atoms with E-state index in [1.54, 1.807) is 4.90 Å². The van der Waals surface area contributed by atoms with E-state index in [0.717, 1.165) is 51.5 Å². The molecule has 3 nitrogen and oxygen atoms in total. The van der Waals surface area contributed by atoms with Crippen LogP contribution in [0.5, 0.6) is 0 Å². The molecule has 1 aliphatic heterocycles. The Balaban J connectivity index is 1.25. The number of fused-ring (bicyclic) bond motifs is 1. The normalized spacial score (nSPS) is 19.3. The summed E-state index contributed by atoms with van der Waals surface area (Å²) in [7, 11) is 0. The van der Waals surface area contributed by atoms with Crippen LogP contribution in [0, 0.1) is 5.92 Å². The first kappa shape index (κ1) is 17.5. The quantitative estimate of drug-likeness (QED) is 0.880. The largest absolute Gasteiger partial charge is 0.331 e. The number of amides is 1. The summed E-state index contributed by atoms with van der Waals surface area (Å²) in [6.07, 6.45) is 7.31. The molecular formula is C23H31N2O+. The first-order valence-electron chi connectivity index (χ1n) is 10.4. The van der Waals surface area contributed by atoms with Crippen molar-refractivity contribution in [1.29, 1.82) is 0 Å². The fourth-order valence-electron chi connectivity index (χ4n) is 4.67. The SMILES string of the molecule is O=C(CCC1CCCC1)N1CC[NH+](Cc2ccc3ccccc3c2)CC1. The molecule has 138 valence electrons. The van der Waals surface area contributed by atoms with E-state index in [2.05, 4.69) is 47.4 Å². The van der Waals surface area contributed by atoms with E-state index in [-0.39, 0.29) is 0 Å². The van der Waals surface area contributed by atoms with Gasteiger partial charge in [0.2, 0.25) is 5.91 Å². The molecular weight excluding hydrogens is 320 g/mol. The number of hydrogen-bond acceptors (Lipinski definition) is 1. The molecule has 1 aliphatic carbocycles. The van der Waals surface area contributed by atoms with Crippen LogP contribution in [-0.2, 0) is 11.3 Å². The van der Waals surface area contributed by atoms with Gasteiger partial charge in [0.15, 0.2) is 0 Å². The summed E-state index contributed by atoms with van der Waals surface area (Å²) in [6.45, 7) is 5.05. The monoisotopic (exact) mass is 351 g/mol. The van der Waals surface area contributed by atoms with E-state index in [1.165, 1.54) is 42.0 Å². The molecule has 0 aromatic heterocycles. The van der Waals surface area contributed by atoms with E-state index in [9.17, 15) is 4.79 Å². The average molecular weight is 352 g/mol. The molecule has 2 aromatic rings. The maximum Gasteiger partial charge on any atom is 0.222 e. The predicted octanol–water partition coefficient (Wildman–Crippen LogP) is 3.04. The smallest absolute Gasteiger partial charge is 0.222 e. The second-order valence-electron chi connectivity index (χ2n) is 8.18. The van der Waals surface area contributed by atoms with Crippen molar-refractivity contribution in [2.24, 2.45) is 5.92 Å². The van der Waals surface area contributed by atoms with Gasteiger partial charge < -0.3 is 9.80 Å². The lowest BCUT2D eigenvalue weighted by molar-refractivity contribution is -0.917. The van der Waals surface area contributed by atoms with Crippen LogP contribution in [0.4, 0.5) is 0 Å². The molecule has 0 atom stereocenters. The molecule has 2 aromatic carbocycles. The van der Waals surface area contributed by atoms with Crippen molar-refractivity contribution in [2.75, 3.05) is 26.2 Å². The van der Waals surface area contributed by atoms with Gasteiger partial charge in [0.05, 0.1) is 26.2 Å². The first-order valence-corrected chi connectivity index (χ1v) is 10.4. The average Bonchev–Trinajstić information content (AvgIpc) is 3.20. The number of benzene rings is 2. The number of nitrogens with zero attached hydrogens (tertiary/aromatic N) is 1. The van der Waals surface area contributed by atoms with Gasteiger partial charge in [0.25, 0.3) is 0 Å². The molecule has 4 rings (SSSR count). The fourth-order valence-corrected chi connectivity index (χ4v) is 4.67. The van der Waals surface area contributed by atoms with Gasteiger partial charge in [-0.2, -0.15) is 0 Å². The van der Waals surface area contributed by atoms with Crippen molar-refractivity contribution in [2.45, 2.75) is 45.1 Å². The molecule has 3 heteroatoms. The second kappa shape index (κ2) is 8.22. The van der Waals surface area contributed by atoms with Crippen molar-refractivity contribution in [3.05, 3.63) is 48.0 Å². The lowest BCUT2D eigenvalue weighted by atomic mass is 10.0. The Morgan fingerprint density at radius 3 is 2.50 bits per heavy atom. The Labute approximate surface area is 157 Å². The number of nitrogens with one attached hydrogen (secondary N) is 1. The Hall–Kier alpha value is -1.87. The lowest BCUT2D eigenvalue weighted by Gasteiger charge is -2.32. The third kappa shape index (κ3) is 4.27. The van der Waals surface area contributed by atoms with Crippen LogP contribution in [-0.4, -0.2) is 37.0 Å². The highest BCUT2D eigenvalue weighted by Gasteiger charge is 2.24. The second-order valence-corrected chi connectivity index (χ2v) is 8.18. The Morgan fingerprint density at radius 2 is 1.73 bits per heavy atom. The summed E-state index contributed by atoms with van der Waals surface area (Å²) in [4.78, 5) is 16.2. The van der Waals surface area contributed by atoms with Crippen molar-refractivity contribution in [3.8, 4) is 0 Å². The minimum absolute atomic E-state index is 0.390. The van der Waals surface area contributed by atoms with Crippen molar-refractivity contribution in [1.82, 2.24) is 4.90 Å². The van der Waals surface area contributed by atoms with Crippen LogP contribution in [0.1, 0.15) is 44.1 Å². The van der Waals surface area contributed by atoms with E-state index in [4.69, 9.17) is 0 Å². The zero-order chi connectivity index (χ0) is 17.8. The van der Waals surface area contributed by atoms with Gasteiger partial charge in [-0.1, -0.05) is 62.1 Å². The summed E-state index contributed by atoms with van der Waals surface area (Å²) in [5.41, 5.74) is 1.40. The van der Waals surface area contributed by atoms with E-state index in [0.29, 0.717) is 5.91 Å². The summed E-state index contributed by atoms with van der Waals surface area (Å²) in [5.74, 6) is 1.21. The highest BCUT2D eigenvalue weighted by molar-refractivity contribution is 5.82. The fraction of sp³-hybridized carbons (Fsp3) is 0.522. The van der Waals surface area contributed by atoms with Gasteiger partial charge >= 0.3 is 0 Å². The third-order valence-corrected chi connectivity index (χ3v) is 6.33. The number of quaternary nitrogens is 1. The van der Waals surface area contributed by atoms with Gasteiger partial charge in [0, 0.05) is 12.0 Å². The third-order valence-electron chi connectivity index (χ3n) is 6.33. The molecule has 1 N–H and O–H groups in total. The molecule has 0 bridgehead atoms. The molecule has 1 heterocycles. The number of carbonyl (C=O) groups excluding carboxylic acids is 1. The van der Waals surface area contributed by atoms with E-state index in [1.807, 2.05) is 0 Å². The zero-order valence-electron chi connectivity index (χ0n) is 15.8. The number of carbonyl (C=O) groups is 1. The standard InChI is InChI=1S/C23H30N2O/c26-23(12-10-19-5-1-2-6-19)25-15-13-24(14-16-25)18-20-9-11-21-7-3-4-8-22(21)17-20/h3-4,7-9,11,17,19H,1-2,5-6,10,12-16,18H2/p+1. The molecule has 1 saturated carbocycles. The van der Waals surface area contributed by atoms with Gasteiger partial charge in [-0.15, -0.1) is 0 Å². The Bertz CT molecular complexity index is 743. The van der Waals surface area contributed by atoms with Crippen LogP contribution < -0.4 is 4.90 Å². The van der Waals surface area contributed by atoms with Crippen molar-refractivity contribution < 1.29 is 9.69 Å². The minimum Gasteiger partial charge on any atom is -0.331 e. The maximum absolute atomic E-state index is 12.5. The lowest BCUT2D eigenvalue weighted by Crippen LogP contribution is -3.13. The molecule has 1 amide bonds. The van der Waals surface area contributed by atoms with Crippen LogP contribution >= 0.6 is 0 Å². The molecule has 0 radical (unpaired) electrons. The van der Waals surface area contributed by atoms with Crippen molar-refractivity contribution in [3.63, 3.8) is 0 Å². The van der Waals surface area contributed by atoms with Crippen LogP contribution in [0.2, 0.25) is 0 Å². The van der Waals surface area contributed by atoms with Gasteiger partial charge in [0.1, 0.15) is 6.54 Å². The van der Waals surface area contributed by atoms with Crippen molar-refractivity contribution >= 4 is 16.7 Å². The molecule has 2 aliphatic rings. The highest BCUT2D eigenvalue weighted by atomic mass is 16.2. The molecule has 1 saturated heterocycles. The van der Waals surface area contributed by atoms with E-state index >= 15 is 0 Å². The Morgan fingerprint density at radius 1 is 1.00 bits per heavy atom. The van der Waals surface area contributed by atoms with Crippen LogP contribution in [0.15, 0.2) is 42.5 Å². The summed E-state index contributed by atoms with van der Waals surface area (Å²) < 4.78 is 0. The summed E-state index contributed by atoms with van der Waals surface area (Å²) in [6, 6.07) is 15.4. The van der Waals surface area contributed by atoms with Crippen LogP contribution in [0.25, 0.3) is 10.8 Å². The molecule has 2 fully saturated rings. The van der Waals surface area contributed by atoms with Gasteiger partial charge in [-0.25, -0.2) is 0 Å². The van der Waals surface area contributed by atoms with E-state index < -0.39 is 0 Å². The first-order chi connectivity index (χ1) is 12.8. The van der Waals surface area contributed by atoms with Crippen LogP contribution in [0.3, 0.4) is 0 Å². The summed E-state index contributed by atoms with van der Waals surface area (Å²) >= 11 is 0. The predicted molar refractivity (Wildman–Crippen MR) is 106 cm³/mol. The molecule has 0 spiro atoms. The topological polar surface area (TPSA) is 24.8 Å². The number of hydrogen-bond donors (Lipinski definition) is 1. The molecule has 0 unspecified atom stereocenters. The highest BCUT2D eigenvalue weighted by Crippen LogP contribution is 2.28. The van der Waals surface area contributed by atoms with Gasteiger partial charge in [-0.05, 0) is 29.2 Å². The minimum atomic E-state index is 0.390. The molecule has 26 heavy (non-hydrogen) atoms. The summed E-state index contributed by atoms with van der Waals surface area (Å²) in [5, 5.41) is 2.63.